The van der Waals surface area contributed by atoms with Gasteiger partial charge in [-0.3, -0.25) is 0 Å². The molecule has 3 aromatic rings. The molecule has 2 aromatic carbocycles. The summed E-state index contributed by atoms with van der Waals surface area (Å²) in [7, 11) is -0.701. The Bertz CT molecular complexity index is 1130. The van der Waals surface area contributed by atoms with Gasteiger partial charge in [-0.25, -0.2) is 12.7 Å². The molecule has 160 valence electrons. The fourth-order valence-corrected chi connectivity index (χ4v) is 3.94. The molecule has 0 radical (unpaired) electrons. The summed E-state index contributed by atoms with van der Waals surface area (Å²) in [6.07, 6.45) is 0. The zero-order valence-corrected chi connectivity index (χ0v) is 18.5. The highest BCUT2D eigenvalue weighted by Crippen LogP contribution is 2.31. The number of sulfonamides is 1. The number of anilines is 1. The molecule has 0 bridgehead atoms. The van der Waals surface area contributed by atoms with Crippen molar-refractivity contribution in [3.05, 3.63) is 53.9 Å². The van der Waals surface area contributed by atoms with Crippen molar-refractivity contribution in [2.24, 2.45) is 0 Å². The van der Waals surface area contributed by atoms with Crippen LogP contribution in [-0.2, 0) is 10.0 Å². The molecule has 0 amide bonds. The van der Waals surface area contributed by atoms with Crippen LogP contribution in [0.25, 0.3) is 11.5 Å². The van der Waals surface area contributed by atoms with Crippen LogP contribution in [0.3, 0.4) is 0 Å². The molecule has 1 heterocycles. The van der Waals surface area contributed by atoms with Crippen molar-refractivity contribution in [1.82, 2.24) is 14.5 Å². The largest absolute Gasteiger partial charge is 0.492 e. The molecule has 0 spiro atoms. The molecule has 1 N–H and O–H groups in total. The number of hydrogen-bond acceptors (Lipinski definition) is 7. The molecule has 0 saturated heterocycles. The average Bonchev–Trinajstić information content (AvgIpc) is 3.19. The molecule has 0 unspecified atom stereocenters. The molecule has 0 aliphatic rings. The molecule has 8 nitrogen and oxygen atoms in total. The van der Waals surface area contributed by atoms with E-state index in [1.165, 1.54) is 14.1 Å². The van der Waals surface area contributed by atoms with Crippen LogP contribution in [0.5, 0.6) is 5.75 Å². The number of benzene rings is 2. The molecule has 0 aliphatic carbocycles. The van der Waals surface area contributed by atoms with Crippen LogP contribution in [0.1, 0.15) is 31.3 Å². The summed E-state index contributed by atoms with van der Waals surface area (Å²) in [4.78, 5) is 0.0949. The van der Waals surface area contributed by atoms with Crippen LogP contribution in [0.4, 0.5) is 5.69 Å². The van der Waals surface area contributed by atoms with Crippen LogP contribution in [0.15, 0.2) is 51.8 Å². The molecule has 1 aromatic heterocycles. The van der Waals surface area contributed by atoms with Crippen molar-refractivity contribution in [2.45, 2.75) is 31.7 Å². The summed E-state index contributed by atoms with van der Waals surface area (Å²) in [5.74, 6) is 1.14. The maximum atomic E-state index is 12.7. The van der Waals surface area contributed by atoms with Crippen molar-refractivity contribution >= 4 is 15.7 Å². The molecular formula is C21H26N4O4S. The second-order valence-electron chi connectivity index (χ2n) is 7.06. The lowest BCUT2D eigenvalue weighted by atomic mass is 10.1. The standard InChI is InChI=1S/C21H26N4O4S/c1-6-28-18-11-10-17(13-19(18)30(26,27)25(4)5)22-15(3)20-23-24-21(29-20)16-9-7-8-14(2)12-16/h7-13,15,22H,6H2,1-5H3/t15-/m1/s1. The summed E-state index contributed by atoms with van der Waals surface area (Å²) >= 11 is 0. The third-order valence-electron chi connectivity index (χ3n) is 4.46. The monoisotopic (exact) mass is 430 g/mol. The lowest BCUT2D eigenvalue weighted by Crippen LogP contribution is -2.23. The van der Waals surface area contributed by atoms with Crippen molar-refractivity contribution in [1.29, 1.82) is 0 Å². The zero-order valence-electron chi connectivity index (χ0n) is 17.7. The average molecular weight is 431 g/mol. The zero-order chi connectivity index (χ0) is 21.9. The van der Waals surface area contributed by atoms with E-state index in [2.05, 4.69) is 15.5 Å². The Morgan fingerprint density at radius 2 is 1.93 bits per heavy atom. The maximum Gasteiger partial charge on any atom is 0.247 e. The number of hydrogen-bond donors (Lipinski definition) is 1. The first kappa shape index (κ1) is 21.8. The third kappa shape index (κ3) is 4.63. The predicted octanol–water partition coefficient (Wildman–Crippen LogP) is 3.87. The van der Waals surface area contributed by atoms with Gasteiger partial charge in [0.1, 0.15) is 16.7 Å². The van der Waals surface area contributed by atoms with E-state index in [1.807, 2.05) is 45.0 Å². The number of rotatable bonds is 8. The molecule has 3 rings (SSSR count). The van der Waals surface area contributed by atoms with Crippen LogP contribution < -0.4 is 10.1 Å². The topological polar surface area (TPSA) is 97.6 Å². The molecule has 1 atom stereocenters. The van der Waals surface area contributed by atoms with Gasteiger partial charge in [0.25, 0.3) is 0 Å². The van der Waals surface area contributed by atoms with Gasteiger partial charge in [-0.2, -0.15) is 0 Å². The van der Waals surface area contributed by atoms with Gasteiger partial charge in [0.2, 0.25) is 21.8 Å². The quantitative estimate of drug-likeness (QED) is 0.579. The predicted molar refractivity (Wildman–Crippen MR) is 115 cm³/mol. The van der Waals surface area contributed by atoms with Crippen molar-refractivity contribution < 1.29 is 17.6 Å². The van der Waals surface area contributed by atoms with E-state index >= 15 is 0 Å². The first-order chi connectivity index (χ1) is 14.2. The summed E-state index contributed by atoms with van der Waals surface area (Å²) in [6.45, 7) is 6.03. The smallest absolute Gasteiger partial charge is 0.247 e. The minimum Gasteiger partial charge on any atom is -0.492 e. The van der Waals surface area contributed by atoms with Gasteiger partial charge in [0, 0.05) is 25.3 Å². The fraction of sp³-hybridized carbons (Fsp3) is 0.333. The Hall–Kier alpha value is -2.91. The Morgan fingerprint density at radius 3 is 2.60 bits per heavy atom. The number of aryl methyl sites for hydroxylation is 1. The normalized spacial score (nSPS) is 12.7. The Kier molecular flexibility index (Phi) is 6.42. The van der Waals surface area contributed by atoms with E-state index in [0.29, 0.717) is 29.8 Å². The first-order valence-corrected chi connectivity index (χ1v) is 11.0. The molecule has 0 saturated carbocycles. The van der Waals surface area contributed by atoms with E-state index in [0.717, 1.165) is 15.4 Å². The first-order valence-electron chi connectivity index (χ1n) is 9.58. The van der Waals surface area contributed by atoms with Gasteiger partial charge in [0.15, 0.2) is 0 Å². The third-order valence-corrected chi connectivity index (χ3v) is 6.30. The highest BCUT2D eigenvalue weighted by Gasteiger charge is 2.24. The fourth-order valence-electron chi connectivity index (χ4n) is 2.89. The van der Waals surface area contributed by atoms with Crippen LogP contribution in [-0.4, -0.2) is 43.6 Å². The van der Waals surface area contributed by atoms with Crippen LogP contribution in [0.2, 0.25) is 0 Å². The molecule has 0 aliphatic heterocycles. The number of ether oxygens (including phenoxy) is 1. The SMILES string of the molecule is CCOc1ccc(N[C@H](C)c2nnc(-c3cccc(C)c3)o2)cc1S(=O)(=O)N(C)C. The molecule has 9 heteroatoms. The second-order valence-corrected chi connectivity index (χ2v) is 9.18. The van der Waals surface area contributed by atoms with Gasteiger partial charge >= 0.3 is 0 Å². The van der Waals surface area contributed by atoms with Gasteiger partial charge in [0.05, 0.1) is 6.61 Å². The Labute approximate surface area is 176 Å². The minimum absolute atomic E-state index is 0.0949. The van der Waals surface area contributed by atoms with E-state index in [4.69, 9.17) is 9.15 Å². The lowest BCUT2D eigenvalue weighted by Gasteiger charge is -2.18. The highest BCUT2D eigenvalue weighted by molar-refractivity contribution is 7.89. The summed E-state index contributed by atoms with van der Waals surface area (Å²) in [5, 5.41) is 11.5. The highest BCUT2D eigenvalue weighted by atomic mass is 32.2. The number of nitrogens with zero attached hydrogens (tertiary/aromatic N) is 3. The van der Waals surface area contributed by atoms with E-state index < -0.39 is 10.0 Å². The van der Waals surface area contributed by atoms with E-state index in [9.17, 15) is 8.42 Å². The van der Waals surface area contributed by atoms with Gasteiger partial charge in [-0.15, -0.1) is 10.2 Å². The van der Waals surface area contributed by atoms with Crippen molar-refractivity contribution in [2.75, 3.05) is 26.0 Å². The van der Waals surface area contributed by atoms with Gasteiger partial charge in [-0.05, 0) is 51.1 Å². The summed E-state index contributed by atoms with van der Waals surface area (Å²) < 4.78 is 37.9. The number of aromatic nitrogens is 2. The van der Waals surface area contributed by atoms with Crippen LogP contribution in [0, 0.1) is 6.92 Å². The number of nitrogens with one attached hydrogen (secondary N) is 1. The van der Waals surface area contributed by atoms with Crippen molar-refractivity contribution in [3.63, 3.8) is 0 Å². The summed E-state index contributed by atoms with van der Waals surface area (Å²) in [6, 6.07) is 12.4. The maximum absolute atomic E-state index is 12.7. The Balaban J connectivity index is 1.86. The molecule has 0 fully saturated rings. The minimum atomic E-state index is -3.67. The van der Waals surface area contributed by atoms with Crippen molar-refractivity contribution in [3.8, 4) is 17.2 Å². The molecular weight excluding hydrogens is 404 g/mol. The Morgan fingerprint density at radius 1 is 1.17 bits per heavy atom. The van der Waals surface area contributed by atoms with Crippen LogP contribution >= 0.6 is 0 Å². The van der Waals surface area contributed by atoms with E-state index in [1.54, 1.807) is 18.2 Å². The molecule has 30 heavy (non-hydrogen) atoms. The van der Waals surface area contributed by atoms with Gasteiger partial charge < -0.3 is 14.5 Å². The van der Waals surface area contributed by atoms with E-state index in [-0.39, 0.29) is 10.9 Å². The lowest BCUT2D eigenvalue weighted by molar-refractivity contribution is 0.330. The second kappa shape index (κ2) is 8.85. The van der Waals surface area contributed by atoms with Gasteiger partial charge in [-0.1, -0.05) is 17.7 Å². The summed E-state index contributed by atoms with van der Waals surface area (Å²) in [5.41, 5.74) is 2.55.